The summed E-state index contributed by atoms with van der Waals surface area (Å²) in [7, 11) is 0. The number of barbiturate groups is 1. The van der Waals surface area contributed by atoms with E-state index in [9.17, 15) is 24.5 Å². The number of benzene rings is 2. The number of anilines is 1. The number of nitrogens with zero attached hydrogens (tertiary/aromatic N) is 2. The summed E-state index contributed by atoms with van der Waals surface area (Å²) in [6.45, 7) is 0.0168. The molecule has 5 rings (SSSR count). The van der Waals surface area contributed by atoms with Gasteiger partial charge in [-0.1, -0.05) is 12.1 Å². The summed E-state index contributed by atoms with van der Waals surface area (Å²) in [5.74, 6) is -0.663. The molecule has 1 N–H and O–H groups in total. The summed E-state index contributed by atoms with van der Waals surface area (Å²) >= 11 is 0. The molecule has 11 heteroatoms. The third-order valence-corrected chi connectivity index (χ3v) is 5.00. The van der Waals surface area contributed by atoms with E-state index < -0.39 is 22.8 Å². The number of fused-ring (bicyclic) bond motifs is 1. The number of furan rings is 1. The van der Waals surface area contributed by atoms with Crippen molar-refractivity contribution < 1.29 is 33.2 Å². The van der Waals surface area contributed by atoms with Gasteiger partial charge in [0.05, 0.1) is 16.2 Å². The molecule has 2 aromatic carbocycles. The van der Waals surface area contributed by atoms with E-state index in [1.807, 2.05) is 0 Å². The van der Waals surface area contributed by atoms with Crippen LogP contribution >= 0.6 is 0 Å². The van der Waals surface area contributed by atoms with E-state index in [1.165, 1.54) is 48.5 Å². The predicted molar refractivity (Wildman–Crippen MR) is 112 cm³/mol. The number of para-hydroxylation sites is 1. The van der Waals surface area contributed by atoms with Crippen LogP contribution in [0, 0.1) is 10.1 Å². The number of urea groups is 1. The lowest BCUT2D eigenvalue weighted by molar-refractivity contribution is -0.384. The molecule has 1 saturated heterocycles. The van der Waals surface area contributed by atoms with Gasteiger partial charge in [0.1, 0.15) is 17.1 Å². The standard InChI is InChI=1S/C22H13N3O8/c26-20-15(10-13-6-8-17(33-13)14-3-1-2-4-16(14)25(29)30)21(27)24(22(28)23-20)12-5-7-18-19(9-12)32-11-31-18/h1-10H,11H2,(H,23,26,28)/b15-10-. The Labute approximate surface area is 185 Å². The van der Waals surface area contributed by atoms with Crippen LogP contribution in [0.4, 0.5) is 16.2 Å². The number of rotatable bonds is 4. The molecule has 0 saturated carbocycles. The Bertz CT molecular complexity index is 1370. The molecule has 4 amide bonds. The maximum atomic E-state index is 13.0. The van der Waals surface area contributed by atoms with Crippen molar-refractivity contribution in [2.75, 3.05) is 11.7 Å². The van der Waals surface area contributed by atoms with Gasteiger partial charge in [-0.15, -0.1) is 0 Å². The molecule has 2 aliphatic rings. The Morgan fingerprint density at radius 2 is 1.79 bits per heavy atom. The third kappa shape index (κ3) is 3.47. The van der Waals surface area contributed by atoms with Gasteiger partial charge >= 0.3 is 6.03 Å². The number of carbonyl (C=O) groups is 3. The number of carbonyl (C=O) groups excluding carboxylic acids is 3. The number of hydrogen-bond acceptors (Lipinski definition) is 8. The number of ether oxygens (including phenoxy) is 2. The molecule has 1 aromatic heterocycles. The largest absolute Gasteiger partial charge is 0.456 e. The van der Waals surface area contributed by atoms with Gasteiger partial charge in [0.2, 0.25) is 6.79 Å². The molecular weight excluding hydrogens is 434 g/mol. The van der Waals surface area contributed by atoms with Crippen molar-refractivity contribution in [2.24, 2.45) is 0 Å². The van der Waals surface area contributed by atoms with Gasteiger partial charge in [-0.3, -0.25) is 25.0 Å². The first-order valence-electron chi connectivity index (χ1n) is 9.57. The van der Waals surface area contributed by atoms with Crippen molar-refractivity contribution in [3.63, 3.8) is 0 Å². The van der Waals surface area contributed by atoms with Gasteiger partial charge in [0, 0.05) is 12.1 Å². The number of nitro groups is 1. The van der Waals surface area contributed by atoms with Crippen molar-refractivity contribution in [3.05, 3.63) is 76.0 Å². The minimum Gasteiger partial charge on any atom is -0.456 e. The number of amides is 4. The molecule has 164 valence electrons. The Hall–Kier alpha value is -4.93. The van der Waals surface area contributed by atoms with Gasteiger partial charge in [-0.05, 0) is 36.4 Å². The summed E-state index contributed by atoms with van der Waals surface area (Å²) < 4.78 is 16.1. The van der Waals surface area contributed by atoms with Crippen molar-refractivity contribution in [3.8, 4) is 22.8 Å². The Morgan fingerprint density at radius 1 is 1.00 bits per heavy atom. The molecule has 0 atom stereocenters. The van der Waals surface area contributed by atoms with Crippen molar-refractivity contribution in [1.82, 2.24) is 5.32 Å². The minimum absolute atomic E-state index is 0.0168. The topological polar surface area (TPSA) is 141 Å². The Kier molecular flexibility index (Phi) is 4.63. The highest BCUT2D eigenvalue weighted by Gasteiger charge is 2.37. The SMILES string of the molecule is O=C1NC(=O)N(c2ccc3c(c2)OCO3)C(=O)/C1=C\c1ccc(-c2ccccc2[N+](=O)[O-])o1. The average Bonchev–Trinajstić information content (AvgIpc) is 3.45. The maximum Gasteiger partial charge on any atom is 0.335 e. The zero-order valence-corrected chi connectivity index (χ0v) is 16.6. The van der Waals surface area contributed by atoms with E-state index in [4.69, 9.17) is 13.9 Å². The lowest BCUT2D eigenvalue weighted by Gasteiger charge is -2.26. The lowest BCUT2D eigenvalue weighted by atomic mass is 10.1. The maximum absolute atomic E-state index is 13.0. The molecule has 0 bridgehead atoms. The molecule has 1 fully saturated rings. The first kappa shape index (κ1) is 20.0. The van der Waals surface area contributed by atoms with Crippen LogP contribution in [0.25, 0.3) is 17.4 Å². The minimum atomic E-state index is -0.916. The molecule has 0 aliphatic carbocycles. The molecule has 33 heavy (non-hydrogen) atoms. The molecule has 2 aliphatic heterocycles. The monoisotopic (exact) mass is 447 g/mol. The fourth-order valence-corrected chi connectivity index (χ4v) is 3.47. The van der Waals surface area contributed by atoms with Crippen LogP contribution in [-0.4, -0.2) is 29.6 Å². The molecule has 11 nitrogen and oxygen atoms in total. The molecule has 0 unspecified atom stereocenters. The van der Waals surface area contributed by atoms with E-state index in [0.717, 1.165) is 4.90 Å². The second-order valence-corrected chi connectivity index (χ2v) is 6.97. The van der Waals surface area contributed by atoms with Gasteiger partial charge < -0.3 is 13.9 Å². The fourth-order valence-electron chi connectivity index (χ4n) is 3.47. The summed E-state index contributed by atoms with van der Waals surface area (Å²) in [6.07, 6.45) is 1.17. The van der Waals surface area contributed by atoms with Crippen LogP contribution in [0.5, 0.6) is 11.5 Å². The first-order valence-corrected chi connectivity index (χ1v) is 9.57. The fraction of sp³-hybridized carbons (Fsp3) is 0.0455. The number of hydrogen-bond donors (Lipinski definition) is 1. The van der Waals surface area contributed by atoms with E-state index in [-0.39, 0.29) is 40.8 Å². The van der Waals surface area contributed by atoms with E-state index in [1.54, 1.807) is 12.1 Å². The van der Waals surface area contributed by atoms with Gasteiger partial charge in [-0.2, -0.15) is 0 Å². The van der Waals surface area contributed by atoms with E-state index in [0.29, 0.717) is 11.5 Å². The summed E-state index contributed by atoms with van der Waals surface area (Å²) in [6, 6.07) is 12.5. The van der Waals surface area contributed by atoms with Crippen LogP contribution in [0.15, 0.2) is 64.6 Å². The van der Waals surface area contributed by atoms with Crippen LogP contribution in [-0.2, 0) is 9.59 Å². The molecule has 3 aromatic rings. The van der Waals surface area contributed by atoms with Crippen LogP contribution in [0.3, 0.4) is 0 Å². The second-order valence-electron chi connectivity index (χ2n) is 6.97. The highest BCUT2D eigenvalue weighted by molar-refractivity contribution is 6.39. The quantitative estimate of drug-likeness (QED) is 0.278. The molecule has 3 heterocycles. The zero-order chi connectivity index (χ0) is 23.1. The number of nitro benzene ring substituents is 1. The molecule has 0 radical (unpaired) electrons. The van der Waals surface area contributed by atoms with Crippen molar-refractivity contribution >= 4 is 35.3 Å². The Morgan fingerprint density at radius 3 is 2.61 bits per heavy atom. The number of imide groups is 2. The van der Waals surface area contributed by atoms with Crippen molar-refractivity contribution in [2.45, 2.75) is 0 Å². The van der Waals surface area contributed by atoms with Crippen LogP contribution in [0.1, 0.15) is 5.76 Å². The highest BCUT2D eigenvalue weighted by Crippen LogP contribution is 2.36. The van der Waals surface area contributed by atoms with Crippen molar-refractivity contribution in [1.29, 1.82) is 0 Å². The van der Waals surface area contributed by atoms with Crippen LogP contribution in [0.2, 0.25) is 0 Å². The summed E-state index contributed by atoms with van der Waals surface area (Å²) in [5.41, 5.74) is -0.0863. The third-order valence-electron chi connectivity index (χ3n) is 5.00. The van der Waals surface area contributed by atoms with E-state index in [2.05, 4.69) is 5.32 Å². The average molecular weight is 447 g/mol. The normalized spacial score (nSPS) is 16.3. The van der Waals surface area contributed by atoms with Gasteiger partial charge in [-0.25, -0.2) is 9.69 Å². The number of nitrogens with one attached hydrogen (secondary N) is 1. The summed E-state index contributed by atoms with van der Waals surface area (Å²) in [5, 5.41) is 13.4. The first-order chi connectivity index (χ1) is 15.9. The lowest BCUT2D eigenvalue weighted by Crippen LogP contribution is -2.54. The zero-order valence-electron chi connectivity index (χ0n) is 16.6. The summed E-state index contributed by atoms with van der Waals surface area (Å²) in [4.78, 5) is 49.3. The molecule has 0 spiro atoms. The highest BCUT2D eigenvalue weighted by atomic mass is 16.7. The predicted octanol–water partition coefficient (Wildman–Crippen LogP) is 3.25. The molecular formula is C22H13N3O8. The Balaban J connectivity index is 1.49. The van der Waals surface area contributed by atoms with Gasteiger partial charge in [0.25, 0.3) is 17.5 Å². The van der Waals surface area contributed by atoms with Gasteiger partial charge in [0.15, 0.2) is 11.5 Å². The van der Waals surface area contributed by atoms with E-state index >= 15 is 0 Å². The van der Waals surface area contributed by atoms with Crippen LogP contribution < -0.4 is 19.7 Å². The second kappa shape index (κ2) is 7.64. The smallest absolute Gasteiger partial charge is 0.335 e.